The third-order valence-electron chi connectivity index (χ3n) is 5.10. The average Bonchev–Trinajstić information content (AvgIpc) is 3.34. The highest BCUT2D eigenvalue weighted by atomic mass is 16.5. The van der Waals surface area contributed by atoms with Gasteiger partial charge >= 0.3 is 0 Å². The number of likely N-dealkylation sites (tertiary alicyclic amines) is 1. The fraction of sp³-hybridized carbons (Fsp3) is 0.238. The van der Waals surface area contributed by atoms with E-state index in [0.29, 0.717) is 30.4 Å². The lowest BCUT2D eigenvalue weighted by Gasteiger charge is -2.32. The van der Waals surface area contributed by atoms with Gasteiger partial charge in [0.25, 0.3) is 5.91 Å². The molecule has 9 nitrogen and oxygen atoms in total. The molecule has 0 atom stereocenters. The normalized spacial score (nSPS) is 14.7. The molecule has 1 aliphatic heterocycles. The molecule has 1 aliphatic rings. The molecule has 3 aromatic heterocycles. The molecule has 0 N–H and O–H groups in total. The van der Waals surface area contributed by atoms with E-state index in [-0.39, 0.29) is 12.0 Å². The van der Waals surface area contributed by atoms with Crippen molar-refractivity contribution in [2.24, 2.45) is 0 Å². The summed E-state index contributed by atoms with van der Waals surface area (Å²) >= 11 is 0. The Morgan fingerprint density at radius 2 is 1.80 bits per heavy atom. The maximum absolute atomic E-state index is 12.9. The first-order chi connectivity index (χ1) is 14.8. The molecule has 30 heavy (non-hydrogen) atoms. The molecule has 150 valence electrons. The maximum atomic E-state index is 12.9. The van der Waals surface area contributed by atoms with E-state index < -0.39 is 0 Å². The molecule has 0 spiro atoms. The molecule has 0 radical (unpaired) electrons. The number of rotatable bonds is 4. The van der Waals surface area contributed by atoms with Crippen molar-refractivity contribution in [3.63, 3.8) is 0 Å². The highest BCUT2D eigenvalue weighted by Crippen LogP contribution is 2.20. The van der Waals surface area contributed by atoms with Crippen LogP contribution in [0.2, 0.25) is 0 Å². The number of hydrogen-bond donors (Lipinski definition) is 0. The highest BCUT2D eigenvalue weighted by molar-refractivity contribution is 5.97. The van der Waals surface area contributed by atoms with E-state index in [1.165, 1.54) is 0 Å². The van der Waals surface area contributed by atoms with Crippen molar-refractivity contribution in [1.29, 1.82) is 0 Å². The van der Waals surface area contributed by atoms with Crippen molar-refractivity contribution in [3.05, 3.63) is 66.7 Å². The second-order valence-electron chi connectivity index (χ2n) is 7.05. The molecule has 1 fully saturated rings. The zero-order valence-electron chi connectivity index (χ0n) is 16.1. The summed E-state index contributed by atoms with van der Waals surface area (Å²) in [6.07, 6.45) is 8.24. The van der Waals surface area contributed by atoms with Crippen LogP contribution in [-0.2, 0) is 0 Å². The van der Waals surface area contributed by atoms with E-state index in [1.54, 1.807) is 47.7 Å². The largest absolute Gasteiger partial charge is 0.473 e. The van der Waals surface area contributed by atoms with Gasteiger partial charge in [0.05, 0.1) is 11.0 Å². The van der Waals surface area contributed by atoms with Crippen molar-refractivity contribution in [1.82, 2.24) is 34.8 Å². The Kier molecular flexibility index (Phi) is 4.76. The lowest BCUT2D eigenvalue weighted by Crippen LogP contribution is -2.41. The Morgan fingerprint density at radius 1 is 0.967 bits per heavy atom. The summed E-state index contributed by atoms with van der Waals surface area (Å²) in [4.78, 5) is 23.2. The van der Waals surface area contributed by atoms with Crippen molar-refractivity contribution in [2.75, 3.05) is 13.1 Å². The van der Waals surface area contributed by atoms with Crippen LogP contribution in [0.5, 0.6) is 5.88 Å². The number of carbonyl (C=O) groups excluding carboxylic acids is 1. The van der Waals surface area contributed by atoms with Gasteiger partial charge in [0.15, 0.2) is 5.82 Å². The number of hydrogen-bond acceptors (Lipinski definition) is 7. The molecule has 0 bridgehead atoms. The van der Waals surface area contributed by atoms with Gasteiger partial charge in [-0.25, -0.2) is 4.68 Å². The van der Waals surface area contributed by atoms with Gasteiger partial charge in [-0.2, -0.15) is 5.10 Å². The lowest BCUT2D eigenvalue weighted by atomic mass is 10.1. The quantitative estimate of drug-likeness (QED) is 0.517. The number of benzene rings is 1. The molecule has 5 rings (SSSR count). The highest BCUT2D eigenvalue weighted by Gasteiger charge is 2.25. The Labute approximate surface area is 172 Å². The minimum absolute atomic E-state index is 0.00127. The van der Waals surface area contributed by atoms with E-state index >= 15 is 0 Å². The number of aromatic nitrogens is 6. The van der Waals surface area contributed by atoms with Crippen LogP contribution in [0, 0.1) is 0 Å². The van der Waals surface area contributed by atoms with Crippen molar-refractivity contribution >= 4 is 16.9 Å². The summed E-state index contributed by atoms with van der Waals surface area (Å²) in [5.41, 5.74) is 2.13. The maximum Gasteiger partial charge on any atom is 0.253 e. The van der Waals surface area contributed by atoms with E-state index in [0.717, 1.165) is 23.9 Å². The summed E-state index contributed by atoms with van der Waals surface area (Å²) in [6.45, 7) is 1.25. The first kappa shape index (κ1) is 18.2. The Morgan fingerprint density at radius 3 is 2.53 bits per heavy atom. The molecule has 4 aromatic rings. The fourth-order valence-corrected chi connectivity index (χ4v) is 3.53. The second-order valence-corrected chi connectivity index (χ2v) is 7.05. The van der Waals surface area contributed by atoms with Gasteiger partial charge in [0.2, 0.25) is 5.88 Å². The molecule has 1 saturated heterocycles. The van der Waals surface area contributed by atoms with Crippen LogP contribution in [-0.4, -0.2) is 59.9 Å². The van der Waals surface area contributed by atoms with E-state index in [1.807, 2.05) is 23.1 Å². The van der Waals surface area contributed by atoms with Gasteiger partial charge in [-0.3, -0.25) is 14.8 Å². The number of nitrogens with zero attached hydrogens (tertiary/aromatic N) is 7. The first-order valence-electron chi connectivity index (χ1n) is 9.77. The second kappa shape index (κ2) is 7.86. The number of ether oxygens (including phenoxy) is 1. The molecule has 0 unspecified atom stereocenters. The topological polar surface area (TPSA) is 98.9 Å². The third-order valence-corrected chi connectivity index (χ3v) is 5.10. The predicted molar refractivity (Wildman–Crippen MR) is 108 cm³/mol. The first-order valence-corrected chi connectivity index (χ1v) is 9.77. The lowest BCUT2D eigenvalue weighted by molar-refractivity contribution is 0.0586. The van der Waals surface area contributed by atoms with Gasteiger partial charge in [0.1, 0.15) is 6.10 Å². The Bertz CT molecular complexity index is 1150. The summed E-state index contributed by atoms with van der Waals surface area (Å²) in [5, 5.41) is 12.4. The van der Waals surface area contributed by atoms with Crippen LogP contribution >= 0.6 is 0 Å². The third kappa shape index (κ3) is 3.69. The summed E-state index contributed by atoms with van der Waals surface area (Å²) in [6, 6.07) is 10.9. The summed E-state index contributed by atoms with van der Waals surface area (Å²) < 4.78 is 7.60. The summed E-state index contributed by atoms with van der Waals surface area (Å²) in [5.74, 6) is 1.11. The fourth-order valence-electron chi connectivity index (χ4n) is 3.53. The molecule has 0 saturated carbocycles. The van der Waals surface area contributed by atoms with Crippen LogP contribution in [0.4, 0.5) is 0 Å². The van der Waals surface area contributed by atoms with Crippen LogP contribution in [0.15, 0.2) is 61.2 Å². The van der Waals surface area contributed by atoms with Gasteiger partial charge in [-0.05, 0) is 30.3 Å². The van der Waals surface area contributed by atoms with Crippen molar-refractivity contribution in [3.8, 4) is 11.7 Å². The number of carbonyl (C=O) groups is 1. The van der Waals surface area contributed by atoms with Crippen molar-refractivity contribution in [2.45, 2.75) is 18.9 Å². The standard InChI is InChI=1S/C21H19N7O2/c29-21(15-2-3-17-18(14-15)23-10-9-22-17)27-12-6-16(7-13-27)30-20-5-4-19(25-26-20)28-11-1-8-24-28/h1-5,8-11,14,16H,6-7,12-13H2. The van der Waals surface area contributed by atoms with Gasteiger partial charge < -0.3 is 9.64 Å². The number of fused-ring (bicyclic) bond motifs is 1. The van der Waals surface area contributed by atoms with Crippen LogP contribution < -0.4 is 4.74 Å². The Balaban J connectivity index is 1.19. The van der Waals surface area contributed by atoms with E-state index in [2.05, 4.69) is 25.3 Å². The van der Waals surface area contributed by atoms with Crippen LogP contribution in [0.1, 0.15) is 23.2 Å². The molecule has 1 aromatic carbocycles. The minimum atomic E-state index is 0.00127. The monoisotopic (exact) mass is 401 g/mol. The van der Waals surface area contributed by atoms with Crippen LogP contribution in [0.25, 0.3) is 16.9 Å². The predicted octanol–water partition coefficient (Wildman–Crippen LogP) is 2.29. The van der Waals surface area contributed by atoms with Gasteiger partial charge in [-0.15, -0.1) is 10.2 Å². The molecule has 1 amide bonds. The molecule has 9 heteroatoms. The number of piperidine rings is 1. The Hall–Kier alpha value is -3.88. The number of amides is 1. The van der Waals surface area contributed by atoms with Crippen LogP contribution in [0.3, 0.4) is 0 Å². The zero-order valence-corrected chi connectivity index (χ0v) is 16.1. The zero-order chi connectivity index (χ0) is 20.3. The summed E-state index contributed by atoms with van der Waals surface area (Å²) in [7, 11) is 0. The van der Waals surface area contributed by atoms with Gasteiger partial charge in [-0.1, -0.05) is 0 Å². The van der Waals surface area contributed by atoms with Crippen molar-refractivity contribution < 1.29 is 9.53 Å². The van der Waals surface area contributed by atoms with E-state index in [4.69, 9.17) is 4.74 Å². The smallest absolute Gasteiger partial charge is 0.253 e. The average molecular weight is 401 g/mol. The molecular formula is C21H19N7O2. The van der Waals surface area contributed by atoms with E-state index in [9.17, 15) is 4.79 Å². The minimum Gasteiger partial charge on any atom is -0.473 e. The SMILES string of the molecule is O=C(c1ccc2nccnc2c1)N1CCC(Oc2ccc(-n3cccn3)nn2)CC1. The molecule has 0 aliphatic carbocycles. The van der Waals surface area contributed by atoms with Gasteiger partial charge in [0, 0.05) is 62.3 Å². The molecule has 4 heterocycles. The molecular weight excluding hydrogens is 382 g/mol.